The summed E-state index contributed by atoms with van der Waals surface area (Å²) < 4.78 is 0. The van der Waals surface area contributed by atoms with Crippen LogP contribution in [0, 0.1) is 22.7 Å². The first kappa shape index (κ1) is 20.9. The van der Waals surface area contributed by atoms with E-state index in [9.17, 15) is 10.1 Å². The number of nitrogens with two attached hydrogens (primary N) is 1. The van der Waals surface area contributed by atoms with Gasteiger partial charge in [-0.1, -0.05) is 72.4 Å². The molecule has 1 amide bonds. The summed E-state index contributed by atoms with van der Waals surface area (Å²) in [5, 5.41) is 21.7. The van der Waals surface area contributed by atoms with Crippen molar-refractivity contribution in [3.8, 4) is 12.1 Å². The summed E-state index contributed by atoms with van der Waals surface area (Å²) in [5.41, 5.74) is 8.25. The van der Waals surface area contributed by atoms with Crippen molar-refractivity contribution >= 4 is 23.5 Å². The van der Waals surface area contributed by atoms with E-state index in [1.165, 1.54) is 6.07 Å². The molecular formula is C23H19N5OS. The maximum atomic E-state index is 12.7. The lowest BCUT2D eigenvalue weighted by molar-refractivity contribution is -0.119. The summed E-state index contributed by atoms with van der Waals surface area (Å²) in [7, 11) is 0. The number of carbonyl (C=O) groups excluding carboxylic acids is 1. The molecule has 0 aliphatic rings. The molecule has 0 fully saturated rings. The first-order chi connectivity index (χ1) is 14.6. The quantitative estimate of drug-likeness (QED) is 0.572. The van der Waals surface area contributed by atoms with Gasteiger partial charge in [0.15, 0.2) is 0 Å². The van der Waals surface area contributed by atoms with Gasteiger partial charge < -0.3 is 11.1 Å². The third kappa shape index (κ3) is 5.38. The summed E-state index contributed by atoms with van der Waals surface area (Å²) >= 11 is 1.12. The summed E-state index contributed by atoms with van der Waals surface area (Å²) in [6.45, 7) is 0. The normalized spacial score (nSPS) is 11.1. The van der Waals surface area contributed by atoms with Crippen LogP contribution in [0.5, 0.6) is 0 Å². The number of carbonyl (C=O) groups is 1. The van der Waals surface area contributed by atoms with E-state index in [0.29, 0.717) is 11.4 Å². The maximum absolute atomic E-state index is 12.7. The molecule has 0 spiro atoms. The second-order valence-corrected chi connectivity index (χ2v) is 7.47. The molecule has 0 aliphatic heterocycles. The molecule has 0 saturated carbocycles. The van der Waals surface area contributed by atoms with Crippen molar-refractivity contribution in [1.82, 2.24) is 10.3 Å². The molecule has 6 nitrogen and oxygen atoms in total. The number of nitriles is 2. The Morgan fingerprint density at radius 2 is 1.67 bits per heavy atom. The third-order valence-corrected chi connectivity index (χ3v) is 5.41. The number of hydrogen-bond acceptors (Lipinski definition) is 6. The number of hydrogen-bond donors (Lipinski definition) is 2. The molecule has 1 heterocycles. The zero-order valence-corrected chi connectivity index (χ0v) is 16.9. The van der Waals surface area contributed by atoms with Crippen molar-refractivity contribution in [2.75, 3.05) is 11.5 Å². The fourth-order valence-corrected chi connectivity index (χ4v) is 3.72. The van der Waals surface area contributed by atoms with Crippen molar-refractivity contribution < 1.29 is 4.79 Å². The van der Waals surface area contributed by atoms with Gasteiger partial charge in [-0.25, -0.2) is 4.98 Å². The highest BCUT2D eigenvalue weighted by molar-refractivity contribution is 8.00. The minimum Gasteiger partial charge on any atom is -0.383 e. The third-order valence-electron chi connectivity index (χ3n) is 4.42. The van der Waals surface area contributed by atoms with Crippen LogP contribution in [-0.2, 0) is 11.2 Å². The lowest BCUT2D eigenvalue weighted by atomic mass is 9.99. The molecule has 1 aromatic heterocycles. The average Bonchev–Trinajstić information content (AvgIpc) is 2.78. The van der Waals surface area contributed by atoms with Gasteiger partial charge in [-0.15, -0.1) is 0 Å². The number of nitrogens with one attached hydrogen (secondary N) is 1. The highest BCUT2D eigenvalue weighted by atomic mass is 32.2. The monoisotopic (exact) mass is 413 g/mol. The van der Waals surface area contributed by atoms with Crippen LogP contribution in [-0.4, -0.2) is 16.6 Å². The van der Waals surface area contributed by atoms with Crippen molar-refractivity contribution in [3.63, 3.8) is 0 Å². The summed E-state index contributed by atoms with van der Waals surface area (Å²) in [4.78, 5) is 16.8. The van der Waals surface area contributed by atoms with Crippen LogP contribution in [0.4, 0.5) is 5.82 Å². The SMILES string of the molecule is N#Cc1cc(C#N)c(SCC(=O)N[C@H](Cc2ccccc2)c2ccccc2)nc1N. The van der Waals surface area contributed by atoms with E-state index in [1.807, 2.05) is 72.8 Å². The molecule has 0 saturated heterocycles. The molecule has 148 valence electrons. The highest BCUT2D eigenvalue weighted by Crippen LogP contribution is 2.24. The first-order valence-corrected chi connectivity index (χ1v) is 10.2. The Labute approximate surface area is 179 Å². The van der Waals surface area contributed by atoms with Crippen LogP contribution in [0.3, 0.4) is 0 Å². The van der Waals surface area contributed by atoms with Gasteiger partial charge in [0.2, 0.25) is 5.91 Å². The van der Waals surface area contributed by atoms with Crippen LogP contribution in [0.25, 0.3) is 0 Å². The Kier molecular flexibility index (Phi) is 7.05. The summed E-state index contributed by atoms with van der Waals surface area (Å²) in [5.74, 6) is -0.0606. The Morgan fingerprint density at radius 3 is 2.30 bits per heavy atom. The number of nitrogens with zero attached hydrogens (tertiary/aromatic N) is 3. The Hall–Kier alpha value is -3.81. The lowest BCUT2D eigenvalue weighted by Crippen LogP contribution is -2.31. The highest BCUT2D eigenvalue weighted by Gasteiger charge is 2.17. The molecule has 0 radical (unpaired) electrons. The van der Waals surface area contributed by atoms with E-state index in [0.717, 1.165) is 22.9 Å². The van der Waals surface area contributed by atoms with E-state index in [-0.39, 0.29) is 34.6 Å². The average molecular weight is 414 g/mol. The van der Waals surface area contributed by atoms with Crippen molar-refractivity contribution in [3.05, 3.63) is 89.0 Å². The molecule has 0 bridgehead atoms. The molecule has 7 heteroatoms. The minimum absolute atomic E-state index is 0.0469. The number of aromatic nitrogens is 1. The molecule has 3 aromatic rings. The topological polar surface area (TPSA) is 116 Å². The predicted molar refractivity (Wildman–Crippen MR) is 116 cm³/mol. The van der Waals surface area contributed by atoms with Crippen LogP contribution >= 0.6 is 11.8 Å². The van der Waals surface area contributed by atoms with Gasteiger partial charge in [0.05, 0.1) is 22.9 Å². The lowest BCUT2D eigenvalue weighted by Gasteiger charge is -2.19. The van der Waals surface area contributed by atoms with Gasteiger partial charge >= 0.3 is 0 Å². The number of benzene rings is 2. The van der Waals surface area contributed by atoms with E-state index in [2.05, 4.69) is 10.3 Å². The van der Waals surface area contributed by atoms with Crippen molar-refractivity contribution in [1.29, 1.82) is 10.5 Å². The zero-order valence-electron chi connectivity index (χ0n) is 16.1. The molecule has 1 atom stereocenters. The van der Waals surface area contributed by atoms with Crippen LogP contribution in [0.2, 0.25) is 0 Å². The Bertz CT molecular complexity index is 1100. The number of amides is 1. The predicted octanol–water partition coefficient (Wildman–Crippen LogP) is 3.60. The molecule has 0 aliphatic carbocycles. The van der Waals surface area contributed by atoms with E-state index in [1.54, 1.807) is 0 Å². The standard InChI is InChI=1S/C23H19N5OS/c24-13-18-12-19(14-25)23(28-22(18)26)30-15-21(29)27-20(17-9-5-2-6-10-17)11-16-7-3-1-4-8-16/h1-10,12,20H,11,15H2,(H2,26,28)(H,27,29)/t20-/m1/s1. The number of anilines is 1. The molecular weight excluding hydrogens is 394 g/mol. The molecule has 0 unspecified atom stereocenters. The second-order valence-electron chi connectivity index (χ2n) is 6.51. The maximum Gasteiger partial charge on any atom is 0.230 e. The van der Waals surface area contributed by atoms with Gasteiger partial charge in [0.25, 0.3) is 0 Å². The van der Waals surface area contributed by atoms with Gasteiger partial charge in [0.1, 0.15) is 23.0 Å². The summed E-state index contributed by atoms with van der Waals surface area (Å²) in [6.07, 6.45) is 0.659. The molecule has 2 aromatic carbocycles. The molecule has 30 heavy (non-hydrogen) atoms. The number of pyridine rings is 1. The Balaban J connectivity index is 1.72. The summed E-state index contributed by atoms with van der Waals surface area (Å²) in [6, 6.07) is 24.9. The number of nitrogen functional groups attached to an aromatic ring is 1. The van der Waals surface area contributed by atoms with Crippen molar-refractivity contribution in [2.45, 2.75) is 17.5 Å². The minimum atomic E-state index is -0.184. The van der Waals surface area contributed by atoms with Crippen molar-refractivity contribution in [2.24, 2.45) is 0 Å². The van der Waals surface area contributed by atoms with Crippen LogP contribution < -0.4 is 11.1 Å². The van der Waals surface area contributed by atoms with Crippen LogP contribution in [0.1, 0.15) is 28.3 Å². The Morgan fingerprint density at radius 1 is 1.03 bits per heavy atom. The van der Waals surface area contributed by atoms with Gasteiger partial charge in [-0.05, 0) is 23.6 Å². The fraction of sp³-hybridized carbons (Fsp3) is 0.130. The second kappa shape index (κ2) is 10.1. The number of rotatable bonds is 7. The largest absolute Gasteiger partial charge is 0.383 e. The van der Waals surface area contributed by atoms with E-state index < -0.39 is 0 Å². The van der Waals surface area contributed by atoms with Gasteiger partial charge in [-0.2, -0.15) is 10.5 Å². The van der Waals surface area contributed by atoms with Crippen LogP contribution in [0.15, 0.2) is 71.8 Å². The zero-order chi connectivity index (χ0) is 21.3. The molecule has 3 rings (SSSR count). The van der Waals surface area contributed by atoms with Gasteiger partial charge in [0, 0.05) is 0 Å². The fourth-order valence-electron chi connectivity index (χ4n) is 2.95. The van der Waals surface area contributed by atoms with Gasteiger partial charge in [-0.3, -0.25) is 4.79 Å². The number of thioether (sulfide) groups is 1. The first-order valence-electron chi connectivity index (χ1n) is 9.22. The van der Waals surface area contributed by atoms with E-state index >= 15 is 0 Å². The molecule has 3 N–H and O–H groups in total. The van der Waals surface area contributed by atoms with E-state index in [4.69, 9.17) is 11.0 Å². The smallest absolute Gasteiger partial charge is 0.230 e.